The standard InChI is InChI=1S/C16H24N4O2/c1-16(2,17)15(22)18-13-6-4-12(5-7-13)14(21)20-10-8-19(3)9-11-20/h4-7H,8-11,17H2,1-3H3,(H,18,22). The summed E-state index contributed by atoms with van der Waals surface area (Å²) >= 11 is 0. The van der Waals surface area contributed by atoms with E-state index in [2.05, 4.69) is 17.3 Å². The van der Waals surface area contributed by atoms with E-state index >= 15 is 0 Å². The Bertz CT molecular complexity index is 540. The summed E-state index contributed by atoms with van der Waals surface area (Å²) < 4.78 is 0. The Morgan fingerprint density at radius 2 is 1.64 bits per heavy atom. The summed E-state index contributed by atoms with van der Waals surface area (Å²) in [5, 5.41) is 2.74. The number of rotatable bonds is 3. The van der Waals surface area contributed by atoms with Gasteiger partial charge in [-0.05, 0) is 45.2 Å². The van der Waals surface area contributed by atoms with Crippen molar-refractivity contribution in [3.05, 3.63) is 29.8 Å². The molecule has 0 bridgehead atoms. The highest BCUT2D eigenvalue weighted by atomic mass is 16.2. The first-order chi connectivity index (χ1) is 10.3. The number of anilines is 1. The molecule has 0 radical (unpaired) electrons. The van der Waals surface area contributed by atoms with Gasteiger partial charge in [-0.3, -0.25) is 9.59 Å². The smallest absolute Gasteiger partial charge is 0.253 e. The highest BCUT2D eigenvalue weighted by Gasteiger charge is 2.22. The van der Waals surface area contributed by atoms with E-state index < -0.39 is 5.54 Å². The van der Waals surface area contributed by atoms with Gasteiger partial charge in [0.2, 0.25) is 5.91 Å². The van der Waals surface area contributed by atoms with Crippen LogP contribution < -0.4 is 11.1 Å². The van der Waals surface area contributed by atoms with Crippen LogP contribution in [-0.2, 0) is 4.79 Å². The largest absolute Gasteiger partial charge is 0.336 e. The third-order valence-electron chi connectivity index (χ3n) is 3.77. The first-order valence-electron chi connectivity index (χ1n) is 7.45. The van der Waals surface area contributed by atoms with Gasteiger partial charge in [-0.1, -0.05) is 0 Å². The summed E-state index contributed by atoms with van der Waals surface area (Å²) in [4.78, 5) is 28.3. The first-order valence-corrected chi connectivity index (χ1v) is 7.45. The molecule has 6 nitrogen and oxygen atoms in total. The maximum atomic E-state index is 12.4. The Morgan fingerprint density at radius 1 is 1.09 bits per heavy atom. The lowest BCUT2D eigenvalue weighted by Gasteiger charge is -2.32. The highest BCUT2D eigenvalue weighted by molar-refractivity contribution is 5.98. The normalized spacial score (nSPS) is 16.5. The molecule has 6 heteroatoms. The summed E-state index contributed by atoms with van der Waals surface area (Å²) in [5.41, 5.74) is 6.07. The van der Waals surface area contributed by atoms with E-state index in [-0.39, 0.29) is 11.8 Å². The number of carbonyl (C=O) groups excluding carboxylic acids is 2. The lowest BCUT2D eigenvalue weighted by atomic mass is 10.1. The van der Waals surface area contributed by atoms with Crippen molar-refractivity contribution >= 4 is 17.5 Å². The molecule has 1 heterocycles. The fourth-order valence-corrected chi connectivity index (χ4v) is 2.18. The number of hydrogen-bond donors (Lipinski definition) is 2. The summed E-state index contributed by atoms with van der Waals surface area (Å²) in [7, 11) is 2.05. The van der Waals surface area contributed by atoms with Crippen LogP contribution in [0, 0.1) is 0 Å². The number of piperazine rings is 1. The van der Waals surface area contributed by atoms with Gasteiger partial charge >= 0.3 is 0 Å². The van der Waals surface area contributed by atoms with Crippen molar-refractivity contribution in [2.24, 2.45) is 5.73 Å². The van der Waals surface area contributed by atoms with Crippen LogP contribution in [0.25, 0.3) is 0 Å². The maximum absolute atomic E-state index is 12.4. The fourth-order valence-electron chi connectivity index (χ4n) is 2.18. The van der Waals surface area contributed by atoms with Crippen molar-refractivity contribution < 1.29 is 9.59 Å². The molecular weight excluding hydrogens is 280 g/mol. The number of nitrogens with zero attached hydrogens (tertiary/aromatic N) is 2. The second-order valence-corrected chi connectivity index (χ2v) is 6.35. The number of benzene rings is 1. The SMILES string of the molecule is CN1CCN(C(=O)c2ccc(NC(=O)C(C)(C)N)cc2)CC1. The molecule has 1 aromatic rings. The molecule has 0 aliphatic carbocycles. The number of carbonyl (C=O) groups is 2. The van der Waals surface area contributed by atoms with Crippen LogP contribution >= 0.6 is 0 Å². The molecule has 1 saturated heterocycles. The molecule has 3 N–H and O–H groups in total. The molecule has 1 aromatic carbocycles. The van der Waals surface area contributed by atoms with Gasteiger partial charge in [-0.15, -0.1) is 0 Å². The minimum absolute atomic E-state index is 0.0325. The average Bonchev–Trinajstić information content (AvgIpc) is 2.47. The summed E-state index contributed by atoms with van der Waals surface area (Å²) in [6.07, 6.45) is 0. The molecular formula is C16H24N4O2. The maximum Gasteiger partial charge on any atom is 0.253 e. The number of hydrogen-bond acceptors (Lipinski definition) is 4. The molecule has 1 aliphatic heterocycles. The summed E-state index contributed by atoms with van der Waals surface area (Å²) in [6.45, 7) is 6.57. The molecule has 0 spiro atoms. The monoisotopic (exact) mass is 304 g/mol. The van der Waals surface area contributed by atoms with E-state index in [0.29, 0.717) is 11.3 Å². The zero-order valence-electron chi connectivity index (χ0n) is 13.4. The molecule has 1 aliphatic rings. The van der Waals surface area contributed by atoms with Gasteiger partial charge in [-0.25, -0.2) is 0 Å². The number of nitrogens with two attached hydrogens (primary N) is 1. The Morgan fingerprint density at radius 3 is 2.14 bits per heavy atom. The number of amides is 2. The van der Waals surface area contributed by atoms with Gasteiger partial charge < -0.3 is 20.9 Å². The molecule has 2 amide bonds. The van der Waals surface area contributed by atoms with E-state index in [1.165, 1.54) is 0 Å². The third-order valence-corrected chi connectivity index (χ3v) is 3.77. The van der Waals surface area contributed by atoms with Crippen molar-refractivity contribution in [3.63, 3.8) is 0 Å². The van der Waals surface area contributed by atoms with E-state index in [1.807, 2.05) is 4.90 Å². The van der Waals surface area contributed by atoms with Crippen LogP contribution in [0.4, 0.5) is 5.69 Å². The Balaban J connectivity index is 1.99. The zero-order chi connectivity index (χ0) is 16.3. The topological polar surface area (TPSA) is 78.7 Å². The molecule has 1 fully saturated rings. The lowest BCUT2D eigenvalue weighted by Crippen LogP contribution is -2.47. The predicted molar refractivity (Wildman–Crippen MR) is 86.7 cm³/mol. The predicted octanol–water partition coefficient (Wildman–Crippen LogP) is 0.750. The van der Waals surface area contributed by atoms with E-state index in [9.17, 15) is 9.59 Å². The van der Waals surface area contributed by atoms with E-state index in [0.717, 1.165) is 26.2 Å². The molecule has 0 saturated carbocycles. The van der Waals surface area contributed by atoms with Crippen molar-refractivity contribution in [3.8, 4) is 0 Å². The molecule has 120 valence electrons. The van der Waals surface area contributed by atoms with Crippen LogP contribution in [0.1, 0.15) is 24.2 Å². The van der Waals surface area contributed by atoms with Crippen LogP contribution in [0.15, 0.2) is 24.3 Å². The number of nitrogens with one attached hydrogen (secondary N) is 1. The first kappa shape index (κ1) is 16.5. The van der Waals surface area contributed by atoms with E-state index in [1.54, 1.807) is 38.1 Å². The fraction of sp³-hybridized carbons (Fsp3) is 0.500. The van der Waals surface area contributed by atoms with Crippen molar-refractivity contribution in [2.45, 2.75) is 19.4 Å². The minimum Gasteiger partial charge on any atom is -0.336 e. The van der Waals surface area contributed by atoms with Crippen LogP contribution in [0.3, 0.4) is 0 Å². The third kappa shape index (κ3) is 4.05. The second kappa shape index (κ2) is 6.46. The highest BCUT2D eigenvalue weighted by Crippen LogP contribution is 2.14. The van der Waals surface area contributed by atoms with Crippen molar-refractivity contribution in [2.75, 3.05) is 38.5 Å². The summed E-state index contributed by atoms with van der Waals surface area (Å²) in [6, 6.07) is 6.93. The molecule has 0 atom stereocenters. The van der Waals surface area contributed by atoms with Crippen LogP contribution in [0.2, 0.25) is 0 Å². The van der Waals surface area contributed by atoms with Gasteiger partial charge in [-0.2, -0.15) is 0 Å². The minimum atomic E-state index is -0.936. The molecule has 2 rings (SSSR count). The van der Waals surface area contributed by atoms with Crippen molar-refractivity contribution in [1.82, 2.24) is 9.80 Å². The quantitative estimate of drug-likeness (QED) is 0.864. The van der Waals surface area contributed by atoms with Gasteiger partial charge in [0, 0.05) is 37.4 Å². The van der Waals surface area contributed by atoms with Crippen molar-refractivity contribution in [1.29, 1.82) is 0 Å². The zero-order valence-corrected chi connectivity index (χ0v) is 13.4. The summed E-state index contributed by atoms with van der Waals surface area (Å²) in [5.74, 6) is -0.226. The molecule has 0 unspecified atom stereocenters. The Hall–Kier alpha value is -1.92. The van der Waals surface area contributed by atoms with Gasteiger partial charge in [0.05, 0.1) is 5.54 Å². The molecule has 0 aromatic heterocycles. The molecule has 22 heavy (non-hydrogen) atoms. The Kier molecular flexibility index (Phi) is 4.83. The van der Waals surface area contributed by atoms with E-state index in [4.69, 9.17) is 5.73 Å². The average molecular weight is 304 g/mol. The lowest BCUT2D eigenvalue weighted by molar-refractivity contribution is -0.120. The van der Waals surface area contributed by atoms with Crippen LogP contribution in [-0.4, -0.2) is 60.4 Å². The number of likely N-dealkylation sites (N-methyl/N-ethyl adjacent to an activating group) is 1. The van der Waals surface area contributed by atoms with Gasteiger partial charge in [0.15, 0.2) is 0 Å². The van der Waals surface area contributed by atoms with Gasteiger partial charge in [0.1, 0.15) is 0 Å². The van der Waals surface area contributed by atoms with Gasteiger partial charge in [0.25, 0.3) is 5.91 Å². The second-order valence-electron chi connectivity index (χ2n) is 6.35. The Labute approximate surface area is 131 Å². The van der Waals surface area contributed by atoms with Crippen LogP contribution in [0.5, 0.6) is 0 Å².